The van der Waals surface area contributed by atoms with E-state index >= 15 is 0 Å². The van der Waals surface area contributed by atoms with Crippen molar-refractivity contribution in [3.05, 3.63) is 29.3 Å². The van der Waals surface area contributed by atoms with E-state index in [-0.39, 0.29) is 10.8 Å². The van der Waals surface area contributed by atoms with E-state index in [9.17, 15) is 13.2 Å². The number of rotatable bonds is 7. The van der Waals surface area contributed by atoms with Crippen molar-refractivity contribution in [2.24, 2.45) is 5.92 Å². The highest BCUT2D eigenvalue weighted by molar-refractivity contribution is 7.89. The van der Waals surface area contributed by atoms with Crippen LogP contribution in [0.25, 0.3) is 0 Å². The van der Waals surface area contributed by atoms with Gasteiger partial charge in [-0.2, -0.15) is 4.31 Å². The van der Waals surface area contributed by atoms with Crippen molar-refractivity contribution >= 4 is 15.9 Å². The van der Waals surface area contributed by atoms with Gasteiger partial charge in [-0.15, -0.1) is 0 Å². The van der Waals surface area contributed by atoms with Crippen molar-refractivity contribution < 1.29 is 13.2 Å². The smallest absolute Gasteiger partial charge is 0.253 e. The zero-order valence-electron chi connectivity index (χ0n) is 15.0. The van der Waals surface area contributed by atoms with Crippen molar-refractivity contribution in [2.75, 3.05) is 26.7 Å². The molecule has 0 spiro atoms. The van der Waals surface area contributed by atoms with Gasteiger partial charge in [-0.1, -0.05) is 33.8 Å². The highest BCUT2D eigenvalue weighted by atomic mass is 32.2. The number of sulfonamides is 1. The molecule has 130 valence electrons. The average molecular weight is 340 g/mol. The topological polar surface area (TPSA) is 57.7 Å². The first-order valence-electron chi connectivity index (χ1n) is 8.01. The second-order valence-corrected chi connectivity index (χ2v) is 8.08. The van der Waals surface area contributed by atoms with Gasteiger partial charge in [0.2, 0.25) is 10.0 Å². The largest absolute Gasteiger partial charge is 0.341 e. The van der Waals surface area contributed by atoms with Crippen LogP contribution in [-0.2, 0) is 10.0 Å². The van der Waals surface area contributed by atoms with Crippen LogP contribution < -0.4 is 0 Å². The van der Waals surface area contributed by atoms with Crippen LogP contribution in [0.1, 0.15) is 43.6 Å². The van der Waals surface area contributed by atoms with Crippen molar-refractivity contribution in [2.45, 2.75) is 39.5 Å². The van der Waals surface area contributed by atoms with E-state index in [0.29, 0.717) is 31.1 Å². The Morgan fingerprint density at radius 1 is 1.17 bits per heavy atom. The Morgan fingerprint density at radius 3 is 2.22 bits per heavy atom. The molecule has 0 radical (unpaired) electrons. The fraction of sp³-hybridized carbons (Fsp3) is 0.588. The monoisotopic (exact) mass is 340 g/mol. The van der Waals surface area contributed by atoms with Gasteiger partial charge >= 0.3 is 0 Å². The van der Waals surface area contributed by atoms with E-state index in [1.807, 2.05) is 20.8 Å². The number of nitrogens with zero attached hydrogens (tertiary/aromatic N) is 2. The summed E-state index contributed by atoms with van der Waals surface area (Å²) < 4.78 is 26.7. The lowest BCUT2D eigenvalue weighted by atomic mass is 10.1. The molecule has 0 bridgehead atoms. The van der Waals surface area contributed by atoms with Crippen LogP contribution in [0.15, 0.2) is 23.1 Å². The lowest BCUT2D eigenvalue weighted by molar-refractivity contribution is 0.0778. The summed E-state index contributed by atoms with van der Waals surface area (Å²) in [4.78, 5) is 14.4. The van der Waals surface area contributed by atoms with Crippen LogP contribution in [0.5, 0.6) is 0 Å². The van der Waals surface area contributed by atoms with E-state index < -0.39 is 10.0 Å². The Balaban J connectivity index is 3.26. The standard InChI is InChI=1S/C17H28N2O3S/c1-7-19(8-2)23(21,22)15-10-9-14(5)16(11-15)17(20)18(6)12-13(3)4/h9-11,13H,7-8,12H2,1-6H3. The van der Waals surface area contributed by atoms with Crippen LogP contribution in [0.4, 0.5) is 0 Å². The molecular weight excluding hydrogens is 312 g/mol. The normalized spacial score (nSPS) is 12.0. The molecule has 0 fully saturated rings. The van der Waals surface area contributed by atoms with E-state index in [4.69, 9.17) is 0 Å². The molecule has 0 unspecified atom stereocenters. The molecule has 5 nitrogen and oxygen atoms in total. The first-order chi connectivity index (χ1) is 10.6. The zero-order chi connectivity index (χ0) is 17.8. The summed E-state index contributed by atoms with van der Waals surface area (Å²) >= 11 is 0. The minimum atomic E-state index is -3.56. The predicted octanol–water partition coefficient (Wildman–Crippen LogP) is 2.75. The Kier molecular flexibility index (Phi) is 6.77. The second kappa shape index (κ2) is 7.93. The van der Waals surface area contributed by atoms with Crippen LogP contribution in [0.2, 0.25) is 0 Å². The lowest BCUT2D eigenvalue weighted by Gasteiger charge is -2.22. The van der Waals surface area contributed by atoms with E-state index in [1.54, 1.807) is 37.9 Å². The molecule has 0 atom stereocenters. The first-order valence-corrected chi connectivity index (χ1v) is 9.45. The van der Waals surface area contributed by atoms with Gasteiger partial charge in [0, 0.05) is 32.2 Å². The van der Waals surface area contributed by atoms with E-state index in [1.165, 1.54) is 10.4 Å². The summed E-state index contributed by atoms with van der Waals surface area (Å²) in [6.07, 6.45) is 0. The molecule has 0 N–H and O–H groups in total. The van der Waals surface area contributed by atoms with E-state index in [0.717, 1.165) is 5.56 Å². The lowest BCUT2D eigenvalue weighted by Crippen LogP contribution is -2.32. The molecule has 0 aliphatic heterocycles. The molecule has 0 saturated heterocycles. The van der Waals surface area contributed by atoms with E-state index in [2.05, 4.69) is 0 Å². The quantitative estimate of drug-likeness (QED) is 0.767. The number of aryl methyl sites for hydroxylation is 1. The number of benzene rings is 1. The van der Waals surface area contributed by atoms with Gasteiger partial charge in [0.15, 0.2) is 0 Å². The molecule has 1 rings (SSSR count). The van der Waals surface area contributed by atoms with Crippen LogP contribution >= 0.6 is 0 Å². The zero-order valence-corrected chi connectivity index (χ0v) is 15.8. The minimum Gasteiger partial charge on any atom is -0.341 e. The molecule has 1 aromatic carbocycles. The van der Waals surface area contributed by atoms with Gasteiger partial charge < -0.3 is 4.90 Å². The van der Waals surface area contributed by atoms with Gasteiger partial charge in [-0.05, 0) is 30.5 Å². The van der Waals surface area contributed by atoms with Gasteiger partial charge in [0.25, 0.3) is 5.91 Å². The maximum absolute atomic E-state index is 12.6. The molecule has 1 aromatic rings. The molecule has 0 saturated carbocycles. The molecule has 6 heteroatoms. The Morgan fingerprint density at radius 2 is 1.74 bits per heavy atom. The highest BCUT2D eigenvalue weighted by Gasteiger charge is 2.24. The van der Waals surface area contributed by atoms with Crippen LogP contribution in [0, 0.1) is 12.8 Å². The third-order valence-electron chi connectivity index (χ3n) is 3.77. The number of carbonyl (C=O) groups excluding carboxylic acids is 1. The summed E-state index contributed by atoms with van der Waals surface area (Å²) in [7, 11) is -1.82. The third kappa shape index (κ3) is 4.54. The molecule has 1 amide bonds. The molecular formula is C17H28N2O3S. The Labute approximate surface area is 140 Å². The second-order valence-electron chi connectivity index (χ2n) is 6.15. The predicted molar refractivity (Wildman–Crippen MR) is 93.1 cm³/mol. The molecule has 0 aliphatic carbocycles. The number of carbonyl (C=O) groups is 1. The SMILES string of the molecule is CCN(CC)S(=O)(=O)c1ccc(C)c(C(=O)N(C)CC(C)C)c1. The number of hydrogen-bond acceptors (Lipinski definition) is 3. The van der Waals surface area contributed by atoms with Gasteiger partial charge in [0.1, 0.15) is 0 Å². The van der Waals surface area contributed by atoms with Crippen molar-refractivity contribution in [1.82, 2.24) is 9.21 Å². The van der Waals surface area contributed by atoms with Crippen molar-refractivity contribution in [1.29, 1.82) is 0 Å². The fourth-order valence-corrected chi connectivity index (χ4v) is 4.03. The van der Waals surface area contributed by atoms with Gasteiger partial charge in [-0.25, -0.2) is 8.42 Å². The van der Waals surface area contributed by atoms with Crippen LogP contribution in [-0.4, -0.2) is 50.2 Å². The molecule has 0 heterocycles. The Hall–Kier alpha value is -1.40. The first kappa shape index (κ1) is 19.6. The molecule has 23 heavy (non-hydrogen) atoms. The summed E-state index contributed by atoms with van der Waals surface area (Å²) in [6, 6.07) is 4.77. The summed E-state index contributed by atoms with van der Waals surface area (Å²) in [5, 5.41) is 0. The summed E-state index contributed by atoms with van der Waals surface area (Å²) in [5.41, 5.74) is 1.23. The highest BCUT2D eigenvalue weighted by Crippen LogP contribution is 2.20. The van der Waals surface area contributed by atoms with Crippen molar-refractivity contribution in [3.63, 3.8) is 0 Å². The van der Waals surface area contributed by atoms with Crippen molar-refractivity contribution in [3.8, 4) is 0 Å². The minimum absolute atomic E-state index is 0.146. The third-order valence-corrected chi connectivity index (χ3v) is 5.81. The molecule has 0 aromatic heterocycles. The fourth-order valence-electron chi connectivity index (χ4n) is 2.54. The number of amides is 1. The Bertz CT molecular complexity index is 650. The maximum atomic E-state index is 12.6. The van der Waals surface area contributed by atoms with Crippen LogP contribution in [0.3, 0.4) is 0 Å². The summed E-state index contributed by atoms with van der Waals surface area (Å²) in [6.45, 7) is 11.0. The average Bonchev–Trinajstić information content (AvgIpc) is 2.47. The maximum Gasteiger partial charge on any atom is 0.253 e. The summed E-state index contributed by atoms with van der Waals surface area (Å²) in [5.74, 6) is 0.208. The van der Waals surface area contributed by atoms with Gasteiger partial charge in [-0.3, -0.25) is 4.79 Å². The molecule has 0 aliphatic rings. The number of hydrogen-bond donors (Lipinski definition) is 0. The van der Waals surface area contributed by atoms with Gasteiger partial charge in [0.05, 0.1) is 4.90 Å².